The van der Waals surface area contributed by atoms with Crippen LogP contribution in [0.25, 0.3) is 0 Å². The lowest BCUT2D eigenvalue weighted by atomic mass is 10.1. The molecule has 0 atom stereocenters. The van der Waals surface area contributed by atoms with E-state index in [1.165, 1.54) is 0 Å². The largest absolute Gasteiger partial charge is 0.505 e. The number of cyclic esters (lactones) is 1. The maximum absolute atomic E-state index is 10.9. The van der Waals surface area contributed by atoms with Crippen LogP contribution in [0.4, 0.5) is 10.6 Å². The summed E-state index contributed by atoms with van der Waals surface area (Å²) in [6.45, 7) is 3.72. The van der Waals surface area contributed by atoms with Gasteiger partial charge in [-0.05, 0) is 6.92 Å². The average Bonchev–Trinajstić information content (AvgIpc) is 2.14. The van der Waals surface area contributed by atoms with Crippen LogP contribution in [-0.2, 0) is 11.3 Å². The molecule has 0 saturated carbocycles. The number of hydrogen-bond acceptors (Lipinski definition) is 3. The molecular formula is C9H11N2O3+. The number of ether oxygens (including phenoxy) is 1. The highest BCUT2D eigenvalue weighted by atomic mass is 16.5. The molecule has 2 heterocycles. The minimum Gasteiger partial charge on any atom is -0.504 e. The van der Waals surface area contributed by atoms with Crippen LogP contribution in [-0.4, -0.2) is 11.2 Å². The monoisotopic (exact) mass is 195 g/mol. The van der Waals surface area contributed by atoms with Gasteiger partial charge in [0.15, 0.2) is 5.75 Å². The van der Waals surface area contributed by atoms with Gasteiger partial charge in [0.25, 0.3) is 5.82 Å². The number of amides is 1. The summed E-state index contributed by atoms with van der Waals surface area (Å²) in [6.07, 6.45) is -0.474. The molecule has 0 saturated heterocycles. The molecule has 2 rings (SSSR count). The molecule has 1 aliphatic rings. The lowest BCUT2D eigenvalue weighted by molar-refractivity contribution is -0.373. The molecule has 1 aromatic heterocycles. The molecule has 3 N–H and O–H groups in total. The number of nitrogens with one attached hydrogen (secondary N) is 2. The third kappa shape index (κ3) is 1.17. The van der Waals surface area contributed by atoms with Crippen molar-refractivity contribution < 1.29 is 19.6 Å². The van der Waals surface area contributed by atoms with E-state index >= 15 is 0 Å². The van der Waals surface area contributed by atoms with E-state index in [1.54, 1.807) is 13.8 Å². The summed E-state index contributed by atoms with van der Waals surface area (Å²) in [4.78, 5) is 13.8. The Balaban J connectivity index is 2.59. The summed E-state index contributed by atoms with van der Waals surface area (Å²) < 4.78 is 4.80. The molecule has 0 aliphatic carbocycles. The molecule has 5 nitrogen and oxygen atoms in total. The molecule has 5 heteroatoms. The van der Waals surface area contributed by atoms with Gasteiger partial charge in [0, 0.05) is 12.5 Å². The fourth-order valence-corrected chi connectivity index (χ4v) is 1.50. The maximum Gasteiger partial charge on any atom is 0.505 e. The van der Waals surface area contributed by atoms with E-state index in [2.05, 4.69) is 10.3 Å². The van der Waals surface area contributed by atoms with Crippen molar-refractivity contribution in [2.75, 3.05) is 5.32 Å². The molecule has 0 bridgehead atoms. The number of H-pyrrole nitrogens is 1. The van der Waals surface area contributed by atoms with Crippen molar-refractivity contribution in [2.24, 2.45) is 0 Å². The molecular weight excluding hydrogens is 184 g/mol. The Bertz CT molecular complexity index is 415. The summed E-state index contributed by atoms with van der Waals surface area (Å²) in [5.41, 5.74) is 2.15. The van der Waals surface area contributed by atoms with Crippen molar-refractivity contribution in [2.45, 2.75) is 20.5 Å². The molecule has 0 radical (unpaired) electrons. The molecule has 1 aliphatic heterocycles. The van der Waals surface area contributed by atoms with Crippen LogP contribution in [0.15, 0.2) is 0 Å². The van der Waals surface area contributed by atoms with Crippen molar-refractivity contribution in [1.82, 2.24) is 0 Å². The predicted octanol–water partition coefficient (Wildman–Crippen LogP) is 0.885. The number of fused-ring (bicyclic) bond motifs is 1. The first-order chi connectivity index (χ1) is 6.59. The first-order valence-electron chi connectivity index (χ1n) is 4.27. The summed E-state index contributed by atoms with van der Waals surface area (Å²) in [7, 11) is 0. The van der Waals surface area contributed by atoms with Crippen LogP contribution in [0.3, 0.4) is 0 Å². The lowest BCUT2D eigenvalue weighted by Gasteiger charge is -2.14. The van der Waals surface area contributed by atoms with Crippen molar-refractivity contribution in [3.8, 4) is 5.75 Å². The van der Waals surface area contributed by atoms with Crippen LogP contribution in [0, 0.1) is 13.8 Å². The molecule has 1 aromatic rings. The third-order valence-corrected chi connectivity index (χ3v) is 2.35. The van der Waals surface area contributed by atoms with E-state index < -0.39 is 6.09 Å². The van der Waals surface area contributed by atoms with Gasteiger partial charge in [-0.2, -0.15) is 10.1 Å². The first kappa shape index (κ1) is 8.80. The number of aromatic hydroxyl groups is 1. The van der Waals surface area contributed by atoms with E-state index in [0.717, 1.165) is 11.1 Å². The van der Waals surface area contributed by atoms with Crippen molar-refractivity contribution in [3.63, 3.8) is 0 Å². The van der Waals surface area contributed by atoms with E-state index in [1.807, 2.05) is 0 Å². The number of pyridine rings is 1. The second-order valence-corrected chi connectivity index (χ2v) is 3.28. The Morgan fingerprint density at radius 1 is 1.50 bits per heavy atom. The van der Waals surface area contributed by atoms with E-state index in [-0.39, 0.29) is 12.4 Å². The topological polar surface area (TPSA) is 72.7 Å². The number of carbonyl (C=O) groups is 1. The van der Waals surface area contributed by atoms with Gasteiger partial charge in [-0.1, -0.05) is 0 Å². The summed E-state index contributed by atoms with van der Waals surface area (Å²) >= 11 is 0. The van der Waals surface area contributed by atoms with Crippen molar-refractivity contribution >= 4 is 11.9 Å². The normalized spacial score (nSPS) is 14.3. The first-order valence-corrected chi connectivity index (χ1v) is 4.27. The van der Waals surface area contributed by atoms with Gasteiger partial charge in [0.05, 0.1) is 5.56 Å². The Hall–Kier alpha value is -1.78. The smallest absolute Gasteiger partial charge is 0.504 e. The summed E-state index contributed by atoms with van der Waals surface area (Å²) in [6, 6.07) is 0. The van der Waals surface area contributed by atoms with E-state index in [0.29, 0.717) is 11.5 Å². The Morgan fingerprint density at radius 2 is 2.21 bits per heavy atom. The number of anilines is 1. The number of aromatic nitrogens is 1. The Morgan fingerprint density at radius 3 is 2.93 bits per heavy atom. The van der Waals surface area contributed by atoms with Crippen LogP contribution in [0.5, 0.6) is 5.75 Å². The highest BCUT2D eigenvalue weighted by Gasteiger charge is 2.27. The zero-order chi connectivity index (χ0) is 10.3. The van der Waals surface area contributed by atoms with Crippen molar-refractivity contribution in [3.05, 3.63) is 16.8 Å². The minimum atomic E-state index is -0.474. The lowest BCUT2D eigenvalue weighted by Crippen LogP contribution is -2.29. The molecule has 0 unspecified atom stereocenters. The van der Waals surface area contributed by atoms with Crippen LogP contribution in [0.1, 0.15) is 16.8 Å². The third-order valence-electron chi connectivity index (χ3n) is 2.35. The second-order valence-electron chi connectivity index (χ2n) is 3.28. The number of aromatic amines is 1. The number of carbonyl (C=O) groups excluding carboxylic acids is 1. The minimum absolute atomic E-state index is 0.192. The Kier molecular flexibility index (Phi) is 1.80. The summed E-state index contributed by atoms with van der Waals surface area (Å²) in [5.74, 6) is 0.817. The molecule has 14 heavy (non-hydrogen) atoms. The average molecular weight is 195 g/mol. The quantitative estimate of drug-likeness (QED) is 0.645. The van der Waals surface area contributed by atoms with Gasteiger partial charge in [0.1, 0.15) is 12.3 Å². The zero-order valence-electron chi connectivity index (χ0n) is 7.97. The van der Waals surface area contributed by atoms with Gasteiger partial charge in [-0.25, -0.2) is 4.98 Å². The van der Waals surface area contributed by atoms with Gasteiger partial charge < -0.3 is 9.84 Å². The van der Waals surface area contributed by atoms with Crippen LogP contribution < -0.4 is 10.3 Å². The van der Waals surface area contributed by atoms with Gasteiger partial charge in [-0.3, -0.25) is 0 Å². The number of rotatable bonds is 0. The summed E-state index contributed by atoms with van der Waals surface area (Å²) in [5, 5.41) is 12.2. The van der Waals surface area contributed by atoms with E-state index in [9.17, 15) is 9.90 Å². The van der Waals surface area contributed by atoms with Crippen molar-refractivity contribution in [1.29, 1.82) is 0 Å². The molecule has 0 fully saturated rings. The van der Waals surface area contributed by atoms with Gasteiger partial charge in [0.2, 0.25) is 0 Å². The number of hydrogen-bond donors (Lipinski definition) is 2. The standard InChI is InChI=1S/C9H10N2O3/c1-4-6-3-14-9(13)11-8(6)10-5(2)7(4)12/h12H,3H2,1-2H3,(H,10,11,13)/p+1. The highest BCUT2D eigenvalue weighted by Crippen LogP contribution is 2.28. The molecule has 1 amide bonds. The fourth-order valence-electron chi connectivity index (χ4n) is 1.50. The fraction of sp³-hybridized carbons (Fsp3) is 0.333. The SMILES string of the molecule is Cc1[nH+]c2c(c(C)c1O)COC(=O)N2. The second kappa shape index (κ2) is 2.87. The Labute approximate surface area is 80.7 Å². The van der Waals surface area contributed by atoms with E-state index in [4.69, 9.17) is 4.74 Å². The van der Waals surface area contributed by atoms with Gasteiger partial charge >= 0.3 is 6.09 Å². The van der Waals surface area contributed by atoms with Crippen LogP contribution in [0.2, 0.25) is 0 Å². The molecule has 74 valence electrons. The predicted molar refractivity (Wildman–Crippen MR) is 47.9 cm³/mol. The number of aryl methyl sites for hydroxylation is 1. The molecule has 0 aromatic carbocycles. The maximum atomic E-state index is 10.9. The van der Waals surface area contributed by atoms with Gasteiger partial charge in [-0.15, -0.1) is 0 Å². The molecule has 0 spiro atoms. The van der Waals surface area contributed by atoms with Crippen LogP contribution >= 0.6 is 0 Å². The zero-order valence-corrected chi connectivity index (χ0v) is 7.97. The highest BCUT2D eigenvalue weighted by molar-refractivity contribution is 5.85.